The number of aliphatic carboxylic acids is 1. The normalized spacial score (nSPS) is 11.1. The smallest absolute Gasteiger partial charge is 0.351 e. The van der Waals surface area contributed by atoms with Gasteiger partial charge in [0.25, 0.3) is 0 Å². The number of benzene rings is 1. The van der Waals surface area contributed by atoms with E-state index in [1.54, 1.807) is 12.1 Å². The zero-order valence-electron chi connectivity index (χ0n) is 7.61. The van der Waals surface area contributed by atoms with E-state index in [0.717, 1.165) is 6.08 Å². The monoisotopic (exact) mass is 225 g/mol. The van der Waals surface area contributed by atoms with Crippen molar-refractivity contribution in [1.82, 2.24) is 0 Å². The first-order chi connectivity index (χ1) is 7.00. The molecule has 0 aliphatic heterocycles. The molecule has 0 aliphatic rings. The largest absolute Gasteiger partial charge is 0.477 e. The molecule has 0 bridgehead atoms. The molecule has 0 aliphatic carbocycles. The van der Waals surface area contributed by atoms with Crippen LogP contribution < -0.4 is 5.73 Å². The lowest BCUT2D eigenvalue weighted by Gasteiger charge is -1.96. The first-order valence-electron chi connectivity index (χ1n) is 4.01. The minimum Gasteiger partial charge on any atom is -0.477 e. The molecule has 4 nitrogen and oxygen atoms in total. The topological polar surface area (TPSA) is 80.4 Å². The number of allylic oxidation sites excluding steroid dienone is 1. The number of ketones is 1. The van der Waals surface area contributed by atoms with Gasteiger partial charge >= 0.3 is 5.97 Å². The lowest BCUT2D eigenvalue weighted by Crippen LogP contribution is -2.12. The van der Waals surface area contributed by atoms with E-state index in [1.165, 1.54) is 12.1 Å². The third-order valence-corrected chi connectivity index (χ3v) is 1.91. The molecule has 5 heteroatoms. The van der Waals surface area contributed by atoms with Crippen LogP contribution in [0, 0.1) is 0 Å². The number of carboxylic acids is 1. The van der Waals surface area contributed by atoms with E-state index in [9.17, 15) is 9.59 Å². The predicted molar refractivity (Wildman–Crippen MR) is 55.7 cm³/mol. The van der Waals surface area contributed by atoms with Crippen molar-refractivity contribution >= 4 is 23.4 Å². The second kappa shape index (κ2) is 4.61. The van der Waals surface area contributed by atoms with Crippen molar-refractivity contribution < 1.29 is 14.7 Å². The molecule has 3 N–H and O–H groups in total. The van der Waals surface area contributed by atoms with E-state index < -0.39 is 17.4 Å². The van der Waals surface area contributed by atoms with Gasteiger partial charge in [0.2, 0.25) is 0 Å². The van der Waals surface area contributed by atoms with E-state index >= 15 is 0 Å². The molecule has 0 saturated heterocycles. The molecule has 1 rings (SSSR count). The van der Waals surface area contributed by atoms with Crippen LogP contribution in [-0.4, -0.2) is 16.9 Å². The maximum absolute atomic E-state index is 11.4. The maximum Gasteiger partial charge on any atom is 0.351 e. The summed E-state index contributed by atoms with van der Waals surface area (Å²) in [4.78, 5) is 21.8. The molecule has 0 aromatic heterocycles. The van der Waals surface area contributed by atoms with E-state index in [4.69, 9.17) is 22.4 Å². The number of nitrogens with two attached hydrogens (primary N) is 1. The van der Waals surface area contributed by atoms with Crippen LogP contribution in [0.5, 0.6) is 0 Å². The Kier molecular flexibility index (Phi) is 3.46. The fourth-order valence-corrected chi connectivity index (χ4v) is 1.03. The molecule has 0 unspecified atom stereocenters. The van der Waals surface area contributed by atoms with Crippen LogP contribution in [0.3, 0.4) is 0 Å². The second-order valence-corrected chi connectivity index (χ2v) is 3.21. The molecule has 0 radical (unpaired) electrons. The third-order valence-electron chi connectivity index (χ3n) is 1.66. The van der Waals surface area contributed by atoms with Gasteiger partial charge in [-0.25, -0.2) is 4.79 Å². The Balaban J connectivity index is 2.91. The van der Waals surface area contributed by atoms with Crippen molar-refractivity contribution in [2.24, 2.45) is 5.73 Å². The van der Waals surface area contributed by atoms with Gasteiger partial charge in [-0.1, -0.05) is 11.6 Å². The predicted octanol–water partition coefficient (Wildman–Crippen LogP) is 1.45. The van der Waals surface area contributed by atoms with Crippen LogP contribution in [0.2, 0.25) is 5.02 Å². The van der Waals surface area contributed by atoms with Crippen molar-refractivity contribution in [2.75, 3.05) is 0 Å². The van der Waals surface area contributed by atoms with Crippen molar-refractivity contribution in [3.8, 4) is 0 Å². The molecule has 78 valence electrons. The van der Waals surface area contributed by atoms with Crippen LogP contribution in [0.1, 0.15) is 10.4 Å². The summed E-state index contributed by atoms with van der Waals surface area (Å²) >= 11 is 5.63. The summed E-state index contributed by atoms with van der Waals surface area (Å²) in [6.07, 6.45) is 0.867. The summed E-state index contributed by atoms with van der Waals surface area (Å²) in [6.45, 7) is 0. The number of hydrogen-bond donors (Lipinski definition) is 2. The summed E-state index contributed by atoms with van der Waals surface area (Å²) in [5.41, 5.74) is 4.95. The molecule has 1 aromatic rings. The highest BCUT2D eigenvalue weighted by atomic mass is 35.5. The number of carbonyl (C=O) groups is 2. The van der Waals surface area contributed by atoms with Crippen LogP contribution in [0.25, 0.3) is 0 Å². The zero-order valence-corrected chi connectivity index (χ0v) is 8.36. The van der Waals surface area contributed by atoms with Gasteiger partial charge in [-0.05, 0) is 24.3 Å². The van der Waals surface area contributed by atoms with Gasteiger partial charge in [0.15, 0.2) is 5.78 Å². The highest BCUT2D eigenvalue weighted by molar-refractivity contribution is 6.30. The molecule has 1 aromatic carbocycles. The molecule has 0 saturated carbocycles. The quantitative estimate of drug-likeness (QED) is 0.603. The Morgan fingerprint density at radius 3 is 2.27 bits per heavy atom. The minimum absolute atomic E-state index is 0.337. The van der Waals surface area contributed by atoms with Crippen LogP contribution in [-0.2, 0) is 4.79 Å². The molecular weight excluding hydrogens is 218 g/mol. The molecule has 0 spiro atoms. The number of halogens is 1. The molecule has 0 atom stereocenters. The Morgan fingerprint density at radius 1 is 1.27 bits per heavy atom. The van der Waals surface area contributed by atoms with Crippen LogP contribution in [0.4, 0.5) is 0 Å². The molecular formula is C10H8ClNO3. The number of rotatable bonds is 3. The van der Waals surface area contributed by atoms with Crippen molar-refractivity contribution in [1.29, 1.82) is 0 Å². The van der Waals surface area contributed by atoms with Gasteiger partial charge < -0.3 is 10.8 Å². The van der Waals surface area contributed by atoms with Gasteiger partial charge in [-0.3, -0.25) is 4.79 Å². The van der Waals surface area contributed by atoms with Gasteiger partial charge in [-0.15, -0.1) is 0 Å². The Bertz CT molecular complexity index is 423. The Labute approximate surface area is 91.0 Å². The zero-order chi connectivity index (χ0) is 11.4. The molecule has 0 fully saturated rings. The molecule has 0 heterocycles. The second-order valence-electron chi connectivity index (χ2n) is 2.78. The van der Waals surface area contributed by atoms with E-state index in [2.05, 4.69) is 0 Å². The summed E-state index contributed by atoms with van der Waals surface area (Å²) in [7, 11) is 0. The van der Waals surface area contributed by atoms with E-state index in [1.807, 2.05) is 0 Å². The number of carbonyl (C=O) groups excluding carboxylic acids is 1. The van der Waals surface area contributed by atoms with E-state index in [0.29, 0.717) is 10.6 Å². The fraction of sp³-hybridized carbons (Fsp3) is 0. The Morgan fingerprint density at radius 2 is 1.80 bits per heavy atom. The van der Waals surface area contributed by atoms with Gasteiger partial charge in [0, 0.05) is 16.7 Å². The van der Waals surface area contributed by atoms with Crippen LogP contribution >= 0.6 is 11.6 Å². The fourth-order valence-electron chi connectivity index (χ4n) is 0.900. The lowest BCUT2D eigenvalue weighted by molar-refractivity contribution is -0.132. The number of hydrogen-bond acceptors (Lipinski definition) is 3. The van der Waals surface area contributed by atoms with Gasteiger partial charge in [-0.2, -0.15) is 0 Å². The van der Waals surface area contributed by atoms with Crippen molar-refractivity contribution in [3.05, 3.63) is 46.6 Å². The van der Waals surface area contributed by atoms with Gasteiger partial charge in [0.1, 0.15) is 5.70 Å². The first-order valence-corrected chi connectivity index (χ1v) is 4.39. The average molecular weight is 226 g/mol. The third kappa shape index (κ3) is 3.11. The van der Waals surface area contributed by atoms with Crippen LogP contribution in [0.15, 0.2) is 36.0 Å². The highest BCUT2D eigenvalue weighted by Gasteiger charge is 2.07. The highest BCUT2D eigenvalue weighted by Crippen LogP contribution is 2.10. The van der Waals surface area contributed by atoms with Gasteiger partial charge in [0.05, 0.1) is 0 Å². The Hall–Kier alpha value is -1.81. The summed E-state index contributed by atoms with van der Waals surface area (Å²) in [5.74, 6) is -1.79. The average Bonchev–Trinajstić information content (AvgIpc) is 2.18. The lowest BCUT2D eigenvalue weighted by atomic mass is 10.1. The maximum atomic E-state index is 11.4. The number of carboxylic acid groups (broad SMARTS) is 1. The van der Waals surface area contributed by atoms with Crippen molar-refractivity contribution in [3.63, 3.8) is 0 Å². The van der Waals surface area contributed by atoms with Crippen molar-refractivity contribution in [2.45, 2.75) is 0 Å². The SMILES string of the molecule is N/C(=C\C(=O)c1ccc(Cl)cc1)C(=O)O. The minimum atomic E-state index is -1.32. The van der Waals surface area contributed by atoms with E-state index in [-0.39, 0.29) is 0 Å². The summed E-state index contributed by atoms with van der Waals surface area (Å²) in [6, 6.07) is 6.08. The standard InChI is InChI=1S/C10H8ClNO3/c11-7-3-1-6(2-4-7)9(13)5-8(12)10(14)15/h1-5H,12H2,(H,14,15)/b8-5-. The molecule has 15 heavy (non-hydrogen) atoms. The molecule has 0 amide bonds. The summed E-state index contributed by atoms with van der Waals surface area (Å²) in [5, 5.41) is 8.96. The summed E-state index contributed by atoms with van der Waals surface area (Å²) < 4.78 is 0. The first kappa shape index (κ1) is 11.3.